The van der Waals surface area contributed by atoms with Gasteiger partial charge in [0, 0.05) is 6.42 Å². The molecule has 0 bridgehead atoms. The van der Waals surface area contributed by atoms with E-state index in [-0.39, 0.29) is 25.2 Å². The van der Waals surface area contributed by atoms with Crippen molar-refractivity contribution in [3.8, 4) is 0 Å². The van der Waals surface area contributed by atoms with Gasteiger partial charge in [0.1, 0.15) is 30.2 Å². The van der Waals surface area contributed by atoms with Crippen molar-refractivity contribution in [2.45, 2.75) is 96.1 Å². The SMILES string of the molecule is CSCCC(N)C(=O)NC(CC(C)C)C(=O)NC(CCC(=O)O)C(=O)NC(C)C(=O)NC(CCSC)C(=O)NC(C)C(=O)O. The molecule has 9 N–H and O–H groups in total. The van der Waals surface area contributed by atoms with Gasteiger partial charge in [-0.05, 0) is 69.5 Å². The van der Waals surface area contributed by atoms with Crippen molar-refractivity contribution in [2.75, 3.05) is 24.0 Å². The minimum absolute atomic E-state index is 0.0294. The highest BCUT2D eigenvalue weighted by Crippen LogP contribution is 2.09. The topological polar surface area (TPSA) is 246 Å². The summed E-state index contributed by atoms with van der Waals surface area (Å²) < 4.78 is 0. The molecule has 15 nitrogen and oxygen atoms in total. The zero-order chi connectivity index (χ0) is 34.0. The molecule has 0 rings (SSSR count). The average Bonchev–Trinajstić information content (AvgIpc) is 2.94. The van der Waals surface area contributed by atoms with Crippen LogP contribution in [0.4, 0.5) is 0 Å². The lowest BCUT2D eigenvalue weighted by Crippen LogP contribution is -2.58. The number of carboxylic acids is 2. The quantitative estimate of drug-likeness (QED) is 0.0715. The fraction of sp³-hybridized carbons (Fsp3) is 0.741. The van der Waals surface area contributed by atoms with Gasteiger partial charge in [-0.15, -0.1) is 0 Å². The van der Waals surface area contributed by atoms with E-state index in [0.29, 0.717) is 17.9 Å². The van der Waals surface area contributed by atoms with Gasteiger partial charge in [0.05, 0.1) is 6.04 Å². The molecule has 0 aliphatic rings. The molecule has 0 saturated carbocycles. The molecule has 0 aliphatic carbocycles. The van der Waals surface area contributed by atoms with Crippen molar-refractivity contribution in [1.82, 2.24) is 26.6 Å². The van der Waals surface area contributed by atoms with Crippen LogP contribution in [0.3, 0.4) is 0 Å². The van der Waals surface area contributed by atoms with Gasteiger partial charge in [0.15, 0.2) is 0 Å². The highest BCUT2D eigenvalue weighted by atomic mass is 32.2. The summed E-state index contributed by atoms with van der Waals surface area (Å²) in [5.74, 6) is -4.94. The number of thioether (sulfide) groups is 2. The summed E-state index contributed by atoms with van der Waals surface area (Å²) in [5, 5.41) is 30.6. The minimum Gasteiger partial charge on any atom is -0.481 e. The summed E-state index contributed by atoms with van der Waals surface area (Å²) in [6.07, 6.45) is 3.69. The second-order valence-corrected chi connectivity index (χ2v) is 12.7. The van der Waals surface area contributed by atoms with Gasteiger partial charge in [-0.1, -0.05) is 13.8 Å². The third kappa shape index (κ3) is 16.7. The van der Waals surface area contributed by atoms with Crippen LogP contribution in [0.25, 0.3) is 0 Å². The Morgan fingerprint density at radius 1 is 0.614 bits per heavy atom. The van der Waals surface area contributed by atoms with Crippen LogP contribution in [0.5, 0.6) is 0 Å². The summed E-state index contributed by atoms with van der Waals surface area (Å²) in [4.78, 5) is 86.9. The van der Waals surface area contributed by atoms with E-state index in [2.05, 4.69) is 26.6 Å². The van der Waals surface area contributed by atoms with Gasteiger partial charge in [0.2, 0.25) is 29.5 Å². The van der Waals surface area contributed by atoms with Crippen LogP contribution >= 0.6 is 23.5 Å². The van der Waals surface area contributed by atoms with Gasteiger partial charge < -0.3 is 42.5 Å². The fourth-order valence-corrected chi connectivity index (χ4v) is 4.68. The van der Waals surface area contributed by atoms with Crippen molar-refractivity contribution in [3.05, 3.63) is 0 Å². The number of hydrogen-bond acceptors (Lipinski definition) is 10. The lowest BCUT2D eigenvalue weighted by molar-refractivity contribution is -0.142. The minimum atomic E-state index is -1.36. The molecule has 17 heteroatoms. The van der Waals surface area contributed by atoms with E-state index >= 15 is 0 Å². The Morgan fingerprint density at radius 3 is 1.57 bits per heavy atom. The van der Waals surface area contributed by atoms with Crippen LogP contribution in [0.15, 0.2) is 0 Å². The third-order valence-electron chi connectivity index (χ3n) is 6.31. The second kappa shape index (κ2) is 21.6. The van der Waals surface area contributed by atoms with Crippen LogP contribution < -0.4 is 32.3 Å². The first-order valence-electron chi connectivity index (χ1n) is 14.2. The van der Waals surface area contributed by atoms with Crippen LogP contribution in [0.1, 0.15) is 59.8 Å². The van der Waals surface area contributed by atoms with Crippen molar-refractivity contribution < 1.29 is 43.8 Å². The normalized spacial score (nSPS) is 15.1. The fourth-order valence-electron chi connectivity index (χ4n) is 3.72. The predicted molar refractivity (Wildman–Crippen MR) is 169 cm³/mol. The third-order valence-corrected chi connectivity index (χ3v) is 7.60. The molecular weight excluding hydrogens is 616 g/mol. The number of nitrogens with one attached hydrogen (secondary N) is 5. The van der Waals surface area contributed by atoms with Crippen LogP contribution in [-0.2, 0) is 33.6 Å². The maximum absolute atomic E-state index is 13.2. The molecule has 0 spiro atoms. The molecule has 0 aromatic carbocycles. The molecule has 0 aromatic rings. The first-order chi connectivity index (χ1) is 20.5. The molecule has 0 heterocycles. The lowest BCUT2D eigenvalue weighted by atomic mass is 10.0. The molecule has 44 heavy (non-hydrogen) atoms. The zero-order valence-corrected chi connectivity index (χ0v) is 27.8. The zero-order valence-electron chi connectivity index (χ0n) is 26.1. The van der Waals surface area contributed by atoms with Crippen molar-refractivity contribution >= 4 is 65.0 Å². The molecule has 0 saturated heterocycles. The Labute approximate surface area is 266 Å². The van der Waals surface area contributed by atoms with E-state index in [1.165, 1.54) is 37.4 Å². The molecule has 6 unspecified atom stereocenters. The van der Waals surface area contributed by atoms with Gasteiger partial charge in [-0.2, -0.15) is 23.5 Å². The van der Waals surface area contributed by atoms with Gasteiger partial charge in [0.25, 0.3) is 0 Å². The van der Waals surface area contributed by atoms with E-state index in [9.17, 15) is 38.7 Å². The number of aliphatic carboxylic acids is 2. The average molecular weight is 665 g/mol. The summed E-state index contributed by atoms with van der Waals surface area (Å²) in [6, 6.07) is -6.74. The van der Waals surface area contributed by atoms with Gasteiger partial charge in [-0.25, -0.2) is 0 Å². The predicted octanol–water partition coefficient (Wildman–Crippen LogP) is -0.721. The highest BCUT2D eigenvalue weighted by Gasteiger charge is 2.31. The monoisotopic (exact) mass is 664 g/mol. The van der Waals surface area contributed by atoms with Gasteiger partial charge in [-0.3, -0.25) is 33.6 Å². The van der Waals surface area contributed by atoms with E-state index in [1.54, 1.807) is 6.26 Å². The number of carboxylic acid groups (broad SMARTS) is 2. The summed E-state index contributed by atoms with van der Waals surface area (Å²) in [7, 11) is 0. The summed E-state index contributed by atoms with van der Waals surface area (Å²) >= 11 is 2.93. The Morgan fingerprint density at radius 2 is 1.07 bits per heavy atom. The maximum atomic E-state index is 13.2. The van der Waals surface area contributed by atoms with Crippen molar-refractivity contribution in [3.63, 3.8) is 0 Å². The van der Waals surface area contributed by atoms with E-state index in [4.69, 9.17) is 10.8 Å². The second-order valence-electron chi connectivity index (χ2n) is 10.7. The van der Waals surface area contributed by atoms with Crippen LogP contribution in [-0.4, -0.2) is 112 Å². The molecule has 6 atom stereocenters. The first kappa shape index (κ1) is 41.0. The number of hydrogen-bond donors (Lipinski definition) is 8. The number of rotatable bonds is 22. The molecule has 0 aliphatic heterocycles. The van der Waals surface area contributed by atoms with Crippen molar-refractivity contribution in [1.29, 1.82) is 0 Å². The number of amides is 5. The largest absolute Gasteiger partial charge is 0.481 e. The van der Waals surface area contributed by atoms with Crippen molar-refractivity contribution in [2.24, 2.45) is 11.7 Å². The summed E-state index contributed by atoms with van der Waals surface area (Å²) in [5.41, 5.74) is 5.94. The Kier molecular flexibility index (Phi) is 20.1. The Bertz CT molecular complexity index is 1000. The smallest absolute Gasteiger partial charge is 0.325 e. The standard InChI is InChI=1S/C27H48N6O9S2/c1-14(2)13-20(33-23(37)17(28)9-11-43-5)26(40)32-18(7-8-21(34)35)24(38)29-15(3)22(36)31-19(10-12-44-6)25(39)30-16(4)27(41)42/h14-20H,7-13,28H2,1-6H3,(H,29,38)(H,30,39)(H,31,36)(H,32,40)(H,33,37)(H,34,35)(H,41,42). The van der Waals surface area contributed by atoms with E-state index in [1.807, 2.05) is 20.1 Å². The maximum Gasteiger partial charge on any atom is 0.325 e. The van der Waals surface area contributed by atoms with Crippen LogP contribution in [0.2, 0.25) is 0 Å². The lowest BCUT2D eigenvalue weighted by Gasteiger charge is -2.26. The molecule has 252 valence electrons. The summed E-state index contributed by atoms with van der Waals surface area (Å²) in [6.45, 7) is 6.29. The molecular formula is C27H48N6O9S2. The van der Waals surface area contributed by atoms with E-state index in [0.717, 1.165) is 0 Å². The number of carbonyl (C=O) groups excluding carboxylic acids is 5. The first-order valence-corrected chi connectivity index (χ1v) is 17.0. The Balaban J connectivity index is 5.68. The molecule has 0 fully saturated rings. The molecule has 5 amide bonds. The number of carbonyl (C=O) groups is 7. The molecule has 0 radical (unpaired) electrons. The highest BCUT2D eigenvalue weighted by molar-refractivity contribution is 7.98. The van der Waals surface area contributed by atoms with Crippen LogP contribution in [0, 0.1) is 5.92 Å². The number of nitrogens with two attached hydrogens (primary N) is 1. The van der Waals surface area contributed by atoms with Gasteiger partial charge >= 0.3 is 11.9 Å². The Hall–Kier alpha value is -3.05. The molecule has 0 aromatic heterocycles. The van der Waals surface area contributed by atoms with E-state index < -0.39 is 84.1 Å².